The summed E-state index contributed by atoms with van der Waals surface area (Å²) in [5.41, 5.74) is 8.65. The summed E-state index contributed by atoms with van der Waals surface area (Å²) < 4.78 is 13.0. The van der Waals surface area contributed by atoms with Crippen LogP contribution in [0.25, 0.3) is 0 Å². The van der Waals surface area contributed by atoms with Crippen LogP contribution in [0.1, 0.15) is 12.5 Å². The maximum atomic E-state index is 13.0. The lowest BCUT2D eigenvalue weighted by Crippen LogP contribution is -2.18. The predicted octanol–water partition coefficient (Wildman–Crippen LogP) is 2.84. The maximum Gasteiger partial charge on any atom is 0.123 e. The van der Waals surface area contributed by atoms with E-state index in [0.29, 0.717) is 6.54 Å². The molecule has 0 spiro atoms. The van der Waals surface area contributed by atoms with Crippen LogP contribution in [0.3, 0.4) is 0 Å². The van der Waals surface area contributed by atoms with Gasteiger partial charge in [0.05, 0.1) is 11.9 Å². The van der Waals surface area contributed by atoms with Gasteiger partial charge < -0.3 is 10.6 Å². The molecule has 0 radical (unpaired) electrons. The molecule has 3 nitrogen and oxygen atoms in total. The molecule has 0 saturated carbocycles. The highest BCUT2D eigenvalue weighted by atomic mass is 19.1. The standard InChI is InChI=1S/C14H16FN3/c1-2-18(13-5-3-12(15)4-6-13)14-10-17-8-7-11(14)9-16/h3-8,10H,2,9,16H2,1H3. The summed E-state index contributed by atoms with van der Waals surface area (Å²) in [7, 11) is 0. The highest BCUT2D eigenvalue weighted by Gasteiger charge is 2.11. The van der Waals surface area contributed by atoms with Crippen LogP contribution in [0.2, 0.25) is 0 Å². The van der Waals surface area contributed by atoms with Gasteiger partial charge in [0.1, 0.15) is 5.82 Å². The van der Waals surface area contributed by atoms with E-state index < -0.39 is 0 Å². The van der Waals surface area contributed by atoms with Gasteiger partial charge in [0, 0.05) is 25.0 Å². The molecule has 1 aromatic heterocycles. The number of hydrogen-bond acceptors (Lipinski definition) is 3. The van der Waals surface area contributed by atoms with Crippen LogP contribution in [0.15, 0.2) is 42.7 Å². The number of nitrogens with two attached hydrogens (primary N) is 1. The fourth-order valence-electron chi connectivity index (χ4n) is 1.94. The van der Waals surface area contributed by atoms with Crippen LogP contribution in [0, 0.1) is 5.82 Å². The Bertz CT molecular complexity index is 511. The van der Waals surface area contributed by atoms with Crippen molar-refractivity contribution in [2.24, 2.45) is 5.73 Å². The van der Waals surface area contributed by atoms with E-state index in [4.69, 9.17) is 5.73 Å². The molecule has 2 aromatic rings. The Hall–Kier alpha value is -1.94. The normalized spacial score (nSPS) is 10.4. The quantitative estimate of drug-likeness (QED) is 0.900. The molecule has 0 saturated heterocycles. The molecule has 1 aromatic carbocycles. The van der Waals surface area contributed by atoms with Crippen molar-refractivity contribution in [3.8, 4) is 0 Å². The van der Waals surface area contributed by atoms with E-state index in [1.807, 2.05) is 13.0 Å². The van der Waals surface area contributed by atoms with Crippen molar-refractivity contribution in [2.45, 2.75) is 13.5 Å². The highest BCUT2D eigenvalue weighted by Crippen LogP contribution is 2.27. The minimum absolute atomic E-state index is 0.236. The number of aromatic nitrogens is 1. The second-order valence-electron chi connectivity index (χ2n) is 3.93. The average Bonchev–Trinajstić information content (AvgIpc) is 2.42. The van der Waals surface area contributed by atoms with Crippen LogP contribution in [0.4, 0.5) is 15.8 Å². The lowest BCUT2D eigenvalue weighted by Gasteiger charge is -2.25. The van der Waals surface area contributed by atoms with Crippen molar-refractivity contribution in [3.63, 3.8) is 0 Å². The molecule has 1 heterocycles. The summed E-state index contributed by atoms with van der Waals surface area (Å²) in [5, 5.41) is 0. The molecule has 0 atom stereocenters. The van der Waals surface area contributed by atoms with E-state index in [-0.39, 0.29) is 5.82 Å². The van der Waals surface area contributed by atoms with E-state index in [9.17, 15) is 4.39 Å². The van der Waals surface area contributed by atoms with E-state index in [1.54, 1.807) is 24.5 Å². The van der Waals surface area contributed by atoms with E-state index in [2.05, 4.69) is 9.88 Å². The first-order chi connectivity index (χ1) is 8.76. The van der Waals surface area contributed by atoms with Crippen molar-refractivity contribution in [2.75, 3.05) is 11.4 Å². The molecular weight excluding hydrogens is 229 g/mol. The third kappa shape index (κ3) is 2.49. The van der Waals surface area contributed by atoms with Crippen LogP contribution in [-0.4, -0.2) is 11.5 Å². The second kappa shape index (κ2) is 5.60. The maximum absolute atomic E-state index is 13.0. The molecule has 0 aliphatic rings. The summed E-state index contributed by atoms with van der Waals surface area (Å²) in [5.74, 6) is -0.236. The first kappa shape index (κ1) is 12.5. The molecule has 0 unspecified atom stereocenters. The molecule has 4 heteroatoms. The van der Waals surface area contributed by atoms with E-state index in [1.165, 1.54) is 12.1 Å². The summed E-state index contributed by atoms with van der Waals surface area (Å²) >= 11 is 0. The Labute approximate surface area is 106 Å². The lowest BCUT2D eigenvalue weighted by molar-refractivity contribution is 0.628. The molecule has 2 rings (SSSR count). The molecule has 0 fully saturated rings. The van der Waals surface area contributed by atoms with Gasteiger partial charge in [-0.15, -0.1) is 0 Å². The summed E-state index contributed by atoms with van der Waals surface area (Å²) in [6.07, 6.45) is 3.51. The number of rotatable bonds is 4. The number of benzene rings is 1. The Morgan fingerprint density at radius 3 is 2.56 bits per heavy atom. The number of pyridine rings is 1. The third-order valence-corrected chi connectivity index (χ3v) is 2.85. The van der Waals surface area contributed by atoms with Gasteiger partial charge in [-0.1, -0.05) is 0 Å². The van der Waals surface area contributed by atoms with Crippen molar-refractivity contribution >= 4 is 11.4 Å². The first-order valence-electron chi connectivity index (χ1n) is 5.92. The van der Waals surface area contributed by atoms with Crippen LogP contribution in [-0.2, 0) is 6.54 Å². The zero-order valence-electron chi connectivity index (χ0n) is 10.3. The molecule has 0 bridgehead atoms. The zero-order chi connectivity index (χ0) is 13.0. The highest BCUT2D eigenvalue weighted by molar-refractivity contribution is 5.65. The Morgan fingerprint density at radius 2 is 1.94 bits per heavy atom. The Kier molecular flexibility index (Phi) is 3.89. The van der Waals surface area contributed by atoms with E-state index >= 15 is 0 Å². The molecule has 94 valence electrons. The van der Waals surface area contributed by atoms with Gasteiger partial charge in [-0.25, -0.2) is 4.39 Å². The molecule has 0 amide bonds. The number of halogens is 1. The van der Waals surface area contributed by atoms with E-state index in [0.717, 1.165) is 23.5 Å². The van der Waals surface area contributed by atoms with Crippen molar-refractivity contribution < 1.29 is 4.39 Å². The van der Waals surface area contributed by atoms with Gasteiger partial charge in [-0.2, -0.15) is 0 Å². The van der Waals surface area contributed by atoms with Crippen LogP contribution >= 0.6 is 0 Å². The molecule has 18 heavy (non-hydrogen) atoms. The van der Waals surface area contributed by atoms with Gasteiger partial charge in [-0.05, 0) is 42.8 Å². The lowest BCUT2D eigenvalue weighted by atomic mass is 10.2. The van der Waals surface area contributed by atoms with Gasteiger partial charge >= 0.3 is 0 Å². The number of anilines is 2. The second-order valence-corrected chi connectivity index (χ2v) is 3.93. The minimum Gasteiger partial charge on any atom is -0.340 e. The van der Waals surface area contributed by atoms with Gasteiger partial charge in [0.25, 0.3) is 0 Å². The fraction of sp³-hybridized carbons (Fsp3) is 0.214. The van der Waals surface area contributed by atoms with Gasteiger partial charge in [0.2, 0.25) is 0 Å². The average molecular weight is 245 g/mol. The topological polar surface area (TPSA) is 42.2 Å². The fourth-order valence-corrected chi connectivity index (χ4v) is 1.94. The Balaban J connectivity index is 2.41. The van der Waals surface area contributed by atoms with Crippen molar-refractivity contribution in [3.05, 3.63) is 54.1 Å². The monoisotopic (exact) mass is 245 g/mol. The summed E-state index contributed by atoms with van der Waals surface area (Å²) in [6.45, 7) is 3.26. The van der Waals surface area contributed by atoms with Gasteiger partial charge in [-0.3, -0.25) is 4.98 Å². The molecule has 2 N–H and O–H groups in total. The summed E-state index contributed by atoms with van der Waals surface area (Å²) in [4.78, 5) is 6.20. The van der Waals surface area contributed by atoms with Crippen molar-refractivity contribution in [1.29, 1.82) is 0 Å². The first-order valence-corrected chi connectivity index (χ1v) is 5.92. The Morgan fingerprint density at radius 1 is 1.22 bits per heavy atom. The molecule has 0 aliphatic heterocycles. The van der Waals surface area contributed by atoms with Crippen LogP contribution < -0.4 is 10.6 Å². The predicted molar refractivity (Wildman–Crippen MR) is 71.2 cm³/mol. The minimum atomic E-state index is -0.236. The van der Waals surface area contributed by atoms with Crippen LogP contribution in [0.5, 0.6) is 0 Å². The molecular formula is C14H16FN3. The largest absolute Gasteiger partial charge is 0.340 e. The molecule has 0 aliphatic carbocycles. The SMILES string of the molecule is CCN(c1ccc(F)cc1)c1cnccc1CN. The number of nitrogens with zero attached hydrogens (tertiary/aromatic N) is 2. The zero-order valence-corrected chi connectivity index (χ0v) is 10.3. The smallest absolute Gasteiger partial charge is 0.123 e. The number of hydrogen-bond donors (Lipinski definition) is 1. The third-order valence-electron chi connectivity index (χ3n) is 2.85. The van der Waals surface area contributed by atoms with Crippen molar-refractivity contribution in [1.82, 2.24) is 4.98 Å². The summed E-state index contributed by atoms with van der Waals surface area (Å²) in [6, 6.07) is 8.33. The van der Waals surface area contributed by atoms with Gasteiger partial charge in [0.15, 0.2) is 0 Å².